The summed E-state index contributed by atoms with van der Waals surface area (Å²) in [5, 5.41) is 8.01. The molecule has 108 valence electrons. The largest absolute Gasteiger partial charge is 0.308 e. The van der Waals surface area contributed by atoms with Crippen molar-refractivity contribution >= 4 is 0 Å². The molecule has 1 aromatic heterocycles. The molecule has 0 saturated carbocycles. The van der Waals surface area contributed by atoms with Crippen LogP contribution in [0.25, 0.3) is 0 Å². The zero-order valence-electron chi connectivity index (χ0n) is 13.4. The highest BCUT2D eigenvalue weighted by Crippen LogP contribution is 2.27. The Bertz CT molecular complexity index is 611. The lowest BCUT2D eigenvalue weighted by Gasteiger charge is -2.20. The Morgan fingerprint density at radius 1 is 1.10 bits per heavy atom. The molecule has 3 heteroatoms. The van der Waals surface area contributed by atoms with Gasteiger partial charge < -0.3 is 5.32 Å². The van der Waals surface area contributed by atoms with E-state index in [-0.39, 0.29) is 6.04 Å². The van der Waals surface area contributed by atoms with E-state index in [4.69, 9.17) is 0 Å². The second-order valence-corrected chi connectivity index (χ2v) is 5.55. The summed E-state index contributed by atoms with van der Waals surface area (Å²) in [6.07, 6.45) is 0.968. The van der Waals surface area contributed by atoms with E-state index in [1.165, 1.54) is 27.9 Å². The zero-order valence-corrected chi connectivity index (χ0v) is 13.4. The number of hydrogen-bond acceptors (Lipinski definition) is 2. The van der Waals surface area contributed by atoms with Gasteiger partial charge in [-0.05, 0) is 62.6 Å². The zero-order chi connectivity index (χ0) is 14.9. The molecule has 0 bridgehead atoms. The summed E-state index contributed by atoms with van der Waals surface area (Å²) < 4.78 is 1.99. The van der Waals surface area contributed by atoms with Crippen LogP contribution in [-0.2, 0) is 13.5 Å². The van der Waals surface area contributed by atoms with Crippen molar-refractivity contribution in [3.8, 4) is 0 Å². The molecule has 1 unspecified atom stereocenters. The number of aromatic nitrogens is 2. The van der Waals surface area contributed by atoms with E-state index in [0.29, 0.717) is 0 Å². The highest BCUT2D eigenvalue weighted by molar-refractivity contribution is 5.41. The first-order valence-electron chi connectivity index (χ1n) is 7.25. The predicted molar refractivity (Wildman–Crippen MR) is 84.1 cm³/mol. The number of hydrogen-bond donors (Lipinski definition) is 1. The fraction of sp³-hybridized carbons (Fsp3) is 0.471. The van der Waals surface area contributed by atoms with Gasteiger partial charge in [0.15, 0.2) is 0 Å². The third-order valence-electron chi connectivity index (χ3n) is 4.11. The minimum atomic E-state index is 0.187. The van der Waals surface area contributed by atoms with Crippen molar-refractivity contribution < 1.29 is 0 Å². The Kier molecular flexibility index (Phi) is 4.29. The van der Waals surface area contributed by atoms with Crippen molar-refractivity contribution in [1.29, 1.82) is 0 Å². The summed E-state index contributed by atoms with van der Waals surface area (Å²) in [4.78, 5) is 0. The highest BCUT2D eigenvalue weighted by Gasteiger charge is 2.19. The van der Waals surface area contributed by atoms with Gasteiger partial charge in [0.1, 0.15) is 0 Å². The Balaban J connectivity index is 2.52. The third-order valence-corrected chi connectivity index (χ3v) is 4.11. The quantitative estimate of drug-likeness (QED) is 0.925. The van der Waals surface area contributed by atoms with E-state index in [1.54, 1.807) is 0 Å². The molecule has 0 aliphatic heterocycles. The minimum Gasteiger partial charge on any atom is -0.308 e. The smallest absolute Gasteiger partial charge is 0.0748 e. The van der Waals surface area contributed by atoms with Crippen molar-refractivity contribution in [3.05, 3.63) is 51.8 Å². The van der Waals surface area contributed by atoms with Crippen LogP contribution in [0.15, 0.2) is 18.2 Å². The Hall–Kier alpha value is -1.61. The first kappa shape index (κ1) is 14.8. The van der Waals surface area contributed by atoms with Gasteiger partial charge in [0.05, 0.1) is 17.4 Å². The summed E-state index contributed by atoms with van der Waals surface area (Å²) in [6, 6.07) is 6.96. The molecule has 0 aliphatic carbocycles. The maximum Gasteiger partial charge on any atom is 0.0748 e. The van der Waals surface area contributed by atoms with Crippen LogP contribution in [0, 0.1) is 20.8 Å². The van der Waals surface area contributed by atoms with E-state index >= 15 is 0 Å². The van der Waals surface area contributed by atoms with Gasteiger partial charge in [-0.2, -0.15) is 5.10 Å². The van der Waals surface area contributed by atoms with Gasteiger partial charge in [-0.25, -0.2) is 0 Å². The number of nitrogens with one attached hydrogen (secondary N) is 1. The molecule has 1 heterocycles. The van der Waals surface area contributed by atoms with Crippen LogP contribution in [0.2, 0.25) is 0 Å². The summed E-state index contributed by atoms with van der Waals surface area (Å²) >= 11 is 0. The lowest BCUT2D eigenvalue weighted by Crippen LogP contribution is -2.21. The van der Waals surface area contributed by atoms with Crippen LogP contribution in [0.5, 0.6) is 0 Å². The molecule has 0 fully saturated rings. The van der Waals surface area contributed by atoms with Gasteiger partial charge in [0, 0.05) is 7.05 Å². The van der Waals surface area contributed by atoms with Crippen LogP contribution >= 0.6 is 0 Å². The van der Waals surface area contributed by atoms with Crippen molar-refractivity contribution in [1.82, 2.24) is 15.1 Å². The van der Waals surface area contributed by atoms with Crippen molar-refractivity contribution in [2.75, 3.05) is 7.05 Å². The Morgan fingerprint density at radius 2 is 1.75 bits per heavy atom. The molecule has 2 rings (SSSR count). The van der Waals surface area contributed by atoms with Gasteiger partial charge in [-0.1, -0.05) is 19.1 Å². The van der Waals surface area contributed by atoms with Crippen LogP contribution in [0.3, 0.4) is 0 Å². The molecule has 1 aromatic carbocycles. The van der Waals surface area contributed by atoms with Crippen LogP contribution in [0.1, 0.15) is 46.6 Å². The Labute approximate surface area is 122 Å². The van der Waals surface area contributed by atoms with Crippen LogP contribution in [0.4, 0.5) is 0 Å². The molecular weight excluding hydrogens is 246 g/mol. The summed E-state index contributed by atoms with van der Waals surface area (Å²) in [7, 11) is 4.03. The fourth-order valence-corrected chi connectivity index (χ4v) is 2.74. The molecular formula is C17H25N3. The molecule has 0 saturated heterocycles. The SMILES string of the molecule is CCc1cc(C(NC)c2cc(C)c(C)cc2C)n(C)n1. The molecule has 20 heavy (non-hydrogen) atoms. The topological polar surface area (TPSA) is 29.9 Å². The van der Waals surface area contributed by atoms with Crippen LogP contribution in [-0.4, -0.2) is 16.8 Å². The Morgan fingerprint density at radius 3 is 2.30 bits per heavy atom. The predicted octanol–water partition coefficient (Wildman–Crippen LogP) is 3.22. The first-order valence-corrected chi connectivity index (χ1v) is 7.25. The summed E-state index contributed by atoms with van der Waals surface area (Å²) in [5.41, 5.74) is 7.71. The molecule has 0 amide bonds. The normalized spacial score (nSPS) is 12.7. The maximum atomic E-state index is 4.57. The second-order valence-electron chi connectivity index (χ2n) is 5.55. The molecule has 1 atom stereocenters. The first-order chi connectivity index (χ1) is 9.47. The van der Waals surface area contributed by atoms with E-state index in [1.807, 2.05) is 18.8 Å². The highest BCUT2D eigenvalue weighted by atomic mass is 15.3. The van der Waals surface area contributed by atoms with Gasteiger partial charge in [0.2, 0.25) is 0 Å². The molecule has 0 radical (unpaired) electrons. The lowest BCUT2D eigenvalue weighted by atomic mass is 9.94. The lowest BCUT2D eigenvalue weighted by molar-refractivity contribution is 0.601. The van der Waals surface area contributed by atoms with E-state index < -0.39 is 0 Å². The molecule has 1 N–H and O–H groups in total. The average Bonchev–Trinajstić information content (AvgIpc) is 2.78. The summed E-state index contributed by atoms with van der Waals surface area (Å²) in [6.45, 7) is 8.66. The van der Waals surface area contributed by atoms with E-state index in [0.717, 1.165) is 12.1 Å². The minimum absolute atomic E-state index is 0.187. The third kappa shape index (κ3) is 2.63. The van der Waals surface area contributed by atoms with Crippen molar-refractivity contribution in [2.45, 2.75) is 40.2 Å². The van der Waals surface area contributed by atoms with E-state index in [9.17, 15) is 0 Å². The number of nitrogens with zero attached hydrogens (tertiary/aromatic N) is 2. The van der Waals surface area contributed by atoms with Gasteiger partial charge >= 0.3 is 0 Å². The van der Waals surface area contributed by atoms with Gasteiger partial charge in [0.25, 0.3) is 0 Å². The van der Waals surface area contributed by atoms with Gasteiger partial charge in [-0.3, -0.25) is 4.68 Å². The standard InChI is InChI=1S/C17H25N3/c1-7-14-10-16(20(6)19-14)17(18-5)15-9-12(3)11(2)8-13(15)4/h8-10,17-18H,7H2,1-6H3. The number of rotatable bonds is 4. The summed E-state index contributed by atoms with van der Waals surface area (Å²) in [5.74, 6) is 0. The molecule has 0 aliphatic rings. The average molecular weight is 271 g/mol. The fourth-order valence-electron chi connectivity index (χ4n) is 2.74. The van der Waals surface area contributed by atoms with Crippen LogP contribution < -0.4 is 5.32 Å². The van der Waals surface area contributed by atoms with Crippen molar-refractivity contribution in [2.24, 2.45) is 7.05 Å². The maximum absolute atomic E-state index is 4.57. The number of benzene rings is 1. The van der Waals surface area contributed by atoms with Crippen molar-refractivity contribution in [3.63, 3.8) is 0 Å². The van der Waals surface area contributed by atoms with E-state index in [2.05, 4.69) is 56.3 Å². The molecule has 0 spiro atoms. The monoisotopic (exact) mass is 271 g/mol. The molecule has 3 nitrogen and oxygen atoms in total. The van der Waals surface area contributed by atoms with Gasteiger partial charge in [-0.15, -0.1) is 0 Å². The second kappa shape index (κ2) is 5.80. The molecule has 2 aromatic rings. The number of aryl methyl sites for hydroxylation is 5.